The standard InChI is InChI=1S/C13H7BrCl3FO/c14-9-4-10(17)11(18)5-13(9)19-12-2-1-8(16)3-7(12)6-15/h1-5H,6H2. The lowest BCUT2D eigenvalue weighted by atomic mass is 10.2. The van der Waals surface area contributed by atoms with E-state index in [9.17, 15) is 4.39 Å². The van der Waals surface area contributed by atoms with Crippen molar-refractivity contribution < 1.29 is 9.13 Å². The van der Waals surface area contributed by atoms with E-state index in [1.165, 1.54) is 12.1 Å². The first-order valence-electron chi connectivity index (χ1n) is 5.18. The number of alkyl halides is 1. The summed E-state index contributed by atoms with van der Waals surface area (Å²) in [6, 6.07) is 7.69. The van der Waals surface area contributed by atoms with E-state index in [0.717, 1.165) is 5.56 Å². The third kappa shape index (κ3) is 3.54. The monoisotopic (exact) mass is 382 g/mol. The van der Waals surface area contributed by atoms with Crippen LogP contribution in [0.4, 0.5) is 4.39 Å². The summed E-state index contributed by atoms with van der Waals surface area (Å²) in [5, 5.41) is 0.581. The van der Waals surface area contributed by atoms with E-state index in [-0.39, 0.29) is 10.9 Å². The van der Waals surface area contributed by atoms with Gasteiger partial charge in [-0.15, -0.1) is 11.6 Å². The highest BCUT2D eigenvalue weighted by molar-refractivity contribution is 9.10. The number of halogens is 5. The Bertz CT molecular complexity index is 619. The molecular formula is C13H7BrCl3FO. The summed E-state index contributed by atoms with van der Waals surface area (Å²) in [5.74, 6) is 0.516. The van der Waals surface area contributed by atoms with Crippen LogP contribution in [0.5, 0.6) is 11.5 Å². The average Bonchev–Trinajstić information content (AvgIpc) is 2.37. The van der Waals surface area contributed by atoms with Crippen LogP contribution in [0.1, 0.15) is 5.56 Å². The van der Waals surface area contributed by atoms with Crippen molar-refractivity contribution in [2.75, 3.05) is 0 Å². The molecule has 0 unspecified atom stereocenters. The molecule has 0 bridgehead atoms. The fourth-order valence-electron chi connectivity index (χ4n) is 1.45. The molecule has 0 aliphatic rings. The number of benzene rings is 2. The first-order chi connectivity index (χ1) is 9.01. The first kappa shape index (κ1) is 14.9. The highest BCUT2D eigenvalue weighted by atomic mass is 79.9. The second-order valence-electron chi connectivity index (χ2n) is 3.68. The van der Waals surface area contributed by atoms with Crippen LogP contribution >= 0.6 is 50.7 Å². The van der Waals surface area contributed by atoms with Gasteiger partial charge in [-0.1, -0.05) is 23.2 Å². The molecular weight excluding hydrogens is 377 g/mol. The zero-order chi connectivity index (χ0) is 14.0. The summed E-state index contributed by atoms with van der Waals surface area (Å²) in [4.78, 5) is 0. The van der Waals surface area contributed by atoms with E-state index in [1.54, 1.807) is 18.2 Å². The Morgan fingerprint density at radius 2 is 1.84 bits per heavy atom. The fraction of sp³-hybridized carbons (Fsp3) is 0.0769. The molecule has 0 heterocycles. The molecule has 0 aliphatic heterocycles. The van der Waals surface area contributed by atoms with Crippen LogP contribution in [0, 0.1) is 5.82 Å². The number of rotatable bonds is 3. The Balaban J connectivity index is 2.39. The summed E-state index contributed by atoms with van der Waals surface area (Å²) in [6.45, 7) is 0. The van der Waals surface area contributed by atoms with E-state index in [1.807, 2.05) is 0 Å². The molecule has 0 atom stereocenters. The van der Waals surface area contributed by atoms with Gasteiger partial charge in [-0.2, -0.15) is 0 Å². The van der Waals surface area contributed by atoms with Crippen LogP contribution in [-0.2, 0) is 5.88 Å². The van der Waals surface area contributed by atoms with Gasteiger partial charge in [-0.3, -0.25) is 0 Å². The molecule has 0 radical (unpaired) electrons. The number of hydrogen-bond donors (Lipinski definition) is 0. The zero-order valence-electron chi connectivity index (χ0n) is 9.39. The van der Waals surface area contributed by atoms with Gasteiger partial charge in [-0.25, -0.2) is 4.39 Å². The molecule has 100 valence electrons. The van der Waals surface area contributed by atoms with Gasteiger partial charge in [-0.05, 0) is 40.2 Å². The Kier molecular flexibility index (Phi) is 4.96. The quantitative estimate of drug-likeness (QED) is 0.438. The van der Waals surface area contributed by atoms with Crippen LogP contribution in [0.15, 0.2) is 34.8 Å². The molecule has 1 nitrogen and oxygen atoms in total. The number of ether oxygens (including phenoxy) is 1. The summed E-state index contributed by atoms with van der Waals surface area (Å²) in [6.07, 6.45) is 0. The van der Waals surface area contributed by atoms with E-state index in [4.69, 9.17) is 39.5 Å². The predicted molar refractivity (Wildman–Crippen MR) is 80.2 cm³/mol. The maximum atomic E-state index is 13.4. The SMILES string of the molecule is Fc1cc(Oc2ccc(Cl)cc2CCl)c(Br)cc1Cl. The molecule has 6 heteroatoms. The second kappa shape index (κ2) is 6.31. The van der Waals surface area contributed by atoms with E-state index < -0.39 is 5.82 Å². The van der Waals surface area contributed by atoms with Crippen molar-refractivity contribution in [2.45, 2.75) is 5.88 Å². The molecule has 0 aromatic heterocycles. The minimum absolute atomic E-state index is 0.0212. The highest BCUT2D eigenvalue weighted by Crippen LogP contribution is 2.36. The van der Waals surface area contributed by atoms with Crippen molar-refractivity contribution in [2.24, 2.45) is 0 Å². The fourth-order valence-corrected chi connectivity index (χ4v) is 2.58. The van der Waals surface area contributed by atoms with E-state index in [0.29, 0.717) is 21.0 Å². The predicted octanol–water partition coefficient (Wildman–Crippen LogP) is 6.43. The molecule has 2 aromatic carbocycles. The summed E-state index contributed by atoms with van der Waals surface area (Å²) < 4.78 is 19.6. The van der Waals surface area contributed by atoms with Gasteiger partial charge < -0.3 is 4.74 Å². The lowest BCUT2D eigenvalue weighted by molar-refractivity contribution is 0.469. The van der Waals surface area contributed by atoms with Crippen molar-refractivity contribution in [3.05, 3.63) is 56.2 Å². The lowest BCUT2D eigenvalue weighted by Crippen LogP contribution is -1.92. The van der Waals surface area contributed by atoms with Crippen LogP contribution in [0.25, 0.3) is 0 Å². The van der Waals surface area contributed by atoms with Gasteiger partial charge in [0.25, 0.3) is 0 Å². The van der Waals surface area contributed by atoms with Gasteiger partial charge in [0, 0.05) is 16.7 Å². The molecule has 2 aromatic rings. The summed E-state index contributed by atoms with van der Waals surface area (Å²) in [7, 11) is 0. The highest BCUT2D eigenvalue weighted by Gasteiger charge is 2.11. The summed E-state index contributed by atoms with van der Waals surface area (Å²) >= 11 is 20.6. The molecule has 19 heavy (non-hydrogen) atoms. The maximum Gasteiger partial charge on any atom is 0.145 e. The Morgan fingerprint density at radius 3 is 2.53 bits per heavy atom. The third-order valence-electron chi connectivity index (χ3n) is 2.36. The van der Waals surface area contributed by atoms with Crippen LogP contribution < -0.4 is 4.74 Å². The number of hydrogen-bond acceptors (Lipinski definition) is 1. The van der Waals surface area contributed by atoms with Gasteiger partial charge in [0.05, 0.1) is 15.4 Å². The molecule has 0 saturated heterocycles. The molecule has 0 spiro atoms. The lowest BCUT2D eigenvalue weighted by Gasteiger charge is -2.12. The Morgan fingerprint density at radius 1 is 1.11 bits per heavy atom. The van der Waals surface area contributed by atoms with Crippen molar-refractivity contribution in [1.82, 2.24) is 0 Å². The van der Waals surface area contributed by atoms with E-state index in [2.05, 4.69) is 15.9 Å². The molecule has 0 fully saturated rings. The molecule has 0 saturated carbocycles. The summed E-state index contributed by atoms with van der Waals surface area (Å²) in [5.41, 5.74) is 0.719. The minimum Gasteiger partial charge on any atom is -0.456 e. The smallest absolute Gasteiger partial charge is 0.145 e. The van der Waals surface area contributed by atoms with Crippen molar-refractivity contribution in [3.63, 3.8) is 0 Å². The van der Waals surface area contributed by atoms with Crippen molar-refractivity contribution >= 4 is 50.7 Å². The minimum atomic E-state index is -0.554. The zero-order valence-corrected chi connectivity index (χ0v) is 13.2. The molecule has 0 N–H and O–H groups in total. The largest absolute Gasteiger partial charge is 0.456 e. The van der Waals surface area contributed by atoms with E-state index >= 15 is 0 Å². The van der Waals surface area contributed by atoms with Crippen molar-refractivity contribution in [1.29, 1.82) is 0 Å². The van der Waals surface area contributed by atoms with Gasteiger partial charge in [0.2, 0.25) is 0 Å². The van der Waals surface area contributed by atoms with Crippen LogP contribution in [0.3, 0.4) is 0 Å². The van der Waals surface area contributed by atoms with Gasteiger partial charge >= 0.3 is 0 Å². The topological polar surface area (TPSA) is 9.23 Å². The van der Waals surface area contributed by atoms with Gasteiger partial charge in [0.1, 0.15) is 17.3 Å². The first-order valence-corrected chi connectivity index (χ1v) is 7.26. The van der Waals surface area contributed by atoms with Gasteiger partial charge in [0.15, 0.2) is 0 Å². The van der Waals surface area contributed by atoms with Crippen LogP contribution in [-0.4, -0.2) is 0 Å². The molecule has 0 aliphatic carbocycles. The molecule has 0 amide bonds. The van der Waals surface area contributed by atoms with Crippen molar-refractivity contribution in [3.8, 4) is 11.5 Å². The Labute approximate surface area is 133 Å². The van der Waals surface area contributed by atoms with Crippen LogP contribution in [0.2, 0.25) is 10.0 Å². The third-order valence-corrected chi connectivity index (χ3v) is 3.79. The Hall–Kier alpha value is -0.480. The second-order valence-corrected chi connectivity index (χ2v) is 5.65. The normalized spacial score (nSPS) is 10.6. The molecule has 2 rings (SSSR count). The maximum absolute atomic E-state index is 13.4. The average molecular weight is 384 g/mol.